The molecular weight excluding hydrogens is 375 g/mol. The van der Waals surface area contributed by atoms with Gasteiger partial charge in [0.1, 0.15) is 0 Å². The summed E-state index contributed by atoms with van der Waals surface area (Å²) >= 11 is 1.45. The topological polar surface area (TPSA) is 72.0 Å². The summed E-state index contributed by atoms with van der Waals surface area (Å²) in [6.07, 6.45) is -2.42. The normalized spacial score (nSPS) is 23.6. The molecule has 2 atom stereocenters. The predicted molar refractivity (Wildman–Crippen MR) is 88.8 cm³/mol. The summed E-state index contributed by atoms with van der Waals surface area (Å²) in [6, 6.07) is 3.56. The lowest BCUT2D eigenvalue weighted by Gasteiger charge is -2.18. The predicted octanol–water partition coefficient (Wildman–Crippen LogP) is 2.66. The average molecular weight is 391 g/mol. The molecule has 0 aromatic carbocycles. The van der Waals surface area contributed by atoms with E-state index in [4.69, 9.17) is 0 Å². The minimum Gasteiger partial charge on any atom is -0.311 e. The van der Waals surface area contributed by atoms with E-state index >= 15 is 0 Å². The van der Waals surface area contributed by atoms with Gasteiger partial charge in [-0.25, -0.2) is 13.4 Å². The molecule has 0 amide bonds. The first-order chi connectivity index (χ1) is 11.6. The molecule has 2 aromatic heterocycles. The van der Waals surface area contributed by atoms with Gasteiger partial charge in [0, 0.05) is 30.9 Å². The van der Waals surface area contributed by atoms with Crippen molar-refractivity contribution in [3.63, 3.8) is 0 Å². The molecule has 0 aliphatic heterocycles. The second-order valence-electron chi connectivity index (χ2n) is 6.16. The molecule has 2 aromatic rings. The van der Waals surface area contributed by atoms with Crippen molar-refractivity contribution in [2.75, 3.05) is 12.8 Å². The van der Waals surface area contributed by atoms with Crippen LogP contribution in [0.25, 0.3) is 11.4 Å². The molecule has 136 valence electrons. The van der Waals surface area contributed by atoms with Crippen LogP contribution in [0.1, 0.15) is 12.0 Å². The van der Waals surface area contributed by atoms with E-state index in [-0.39, 0.29) is 19.5 Å². The van der Waals surface area contributed by atoms with Gasteiger partial charge in [-0.3, -0.25) is 4.98 Å². The Hall–Kier alpha value is -1.52. The van der Waals surface area contributed by atoms with Crippen LogP contribution in [-0.4, -0.2) is 42.1 Å². The smallest absolute Gasteiger partial charge is 0.311 e. The molecule has 0 saturated heterocycles. The Labute approximate surface area is 147 Å². The fourth-order valence-electron chi connectivity index (χ4n) is 2.87. The zero-order valence-electron chi connectivity index (χ0n) is 13.2. The molecule has 1 aliphatic rings. The fraction of sp³-hybridized carbons (Fsp3) is 0.467. The molecule has 5 nitrogen and oxygen atoms in total. The van der Waals surface area contributed by atoms with Crippen molar-refractivity contribution < 1.29 is 21.6 Å². The minimum atomic E-state index is -4.50. The van der Waals surface area contributed by atoms with E-state index < -0.39 is 26.7 Å². The van der Waals surface area contributed by atoms with Crippen LogP contribution in [0.5, 0.6) is 0 Å². The average Bonchev–Trinajstić information content (AvgIpc) is 3.05. The van der Waals surface area contributed by atoms with Gasteiger partial charge in [0.2, 0.25) is 0 Å². The maximum Gasteiger partial charge on any atom is 0.393 e. The Bertz CT molecular complexity index is 836. The van der Waals surface area contributed by atoms with Crippen molar-refractivity contribution >= 4 is 21.2 Å². The van der Waals surface area contributed by atoms with Gasteiger partial charge in [-0.1, -0.05) is 6.07 Å². The van der Waals surface area contributed by atoms with Gasteiger partial charge in [0.25, 0.3) is 0 Å². The number of nitrogens with one attached hydrogen (secondary N) is 1. The molecule has 1 saturated carbocycles. The fourth-order valence-corrected chi connectivity index (χ4v) is 4.90. The van der Waals surface area contributed by atoms with Gasteiger partial charge in [-0.05, 0) is 18.1 Å². The van der Waals surface area contributed by atoms with E-state index in [1.165, 1.54) is 11.3 Å². The number of nitrogens with zero attached hydrogens (tertiary/aromatic N) is 2. The Balaban J connectivity index is 1.62. The molecule has 1 fully saturated rings. The van der Waals surface area contributed by atoms with E-state index in [1.54, 1.807) is 23.8 Å². The Kier molecular flexibility index (Phi) is 4.63. The van der Waals surface area contributed by atoms with Crippen LogP contribution in [0, 0.1) is 5.92 Å². The van der Waals surface area contributed by atoms with Crippen molar-refractivity contribution in [1.82, 2.24) is 15.3 Å². The number of pyridine rings is 1. The highest BCUT2D eigenvalue weighted by Gasteiger charge is 2.71. The summed E-state index contributed by atoms with van der Waals surface area (Å²) in [5.41, 5.74) is 3.92. The number of aromatic nitrogens is 2. The molecule has 2 heterocycles. The quantitative estimate of drug-likeness (QED) is 0.820. The van der Waals surface area contributed by atoms with E-state index in [0.717, 1.165) is 17.5 Å². The molecule has 1 N–H and O–H groups in total. The molecule has 1 aliphatic carbocycles. The molecule has 0 unspecified atom stereocenters. The number of thiazole rings is 1. The van der Waals surface area contributed by atoms with E-state index in [0.29, 0.717) is 5.69 Å². The summed E-state index contributed by atoms with van der Waals surface area (Å²) in [6.45, 7) is 0.00996. The standard InChI is InChI=1S/C15H16F3N3O2S2/c1-25(22,23)14(4-13(14)15(16,17)18)8-19-5-10-2-3-11(20-6-10)12-7-24-9-21-12/h2-3,6-7,9,13,19H,4-5,8H2,1H3/t13-,14+/m0/s1. The first kappa shape index (κ1) is 18.3. The number of rotatable bonds is 6. The lowest BCUT2D eigenvalue weighted by molar-refractivity contribution is -0.149. The summed E-state index contributed by atoms with van der Waals surface area (Å²) in [5, 5.41) is 4.70. The van der Waals surface area contributed by atoms with Crippen molar-refractivity contribution in [3.8, 4) is 11.4 Å². The van der Waals surface area contributed by atoms with Crippen LogP contribution < -0.4 is 5.32 Å². The van der Waals surface area contributed by atoms with Crippen LogP contribution in [0.4, 0.5) is 13.2 Å². The highest BCUT2D eigenvalue weighted by Crippen LogP contribution is 2.57. The van der Waals surface area contributed by atoms with Gasteiger partial charge in [-0.2, -0.15) is 13.2 Å². The first-order valence-corrected chi connectivity index (χ1v) is 10.3. The van der Waals surface area contributed by atoms with E-state index in [9.17, 15) is 21.6 Å². The first-order valence-electron chi connectivity index (χ1n) is 7.44. The number of alkyl halides is 3. The van der Waals surface area contributed by atoms with Gasteiger partial charge in [-0.15, -0.1) is 11.3 Å². The van der Waals surface area contributed by atoms with E-state index in [2.05, 4.69) is 15.3 Å². The summed E-state index contributed by atoms with van der Waals surface area (Å²) in [4.78, 5) is 8.41. The Morgan fingerprint density at radius 1 is 1.32 bits per heavy atom. The summed E-state index contributed by atoms with van der Waals surface area (Å²) in [5.74, 6) is -1.80. The number of hydrogen-bond acceptors (Lipinski definition) is 6. The summed E-state index contributed by atoms with van der Waals surface area (Å²) < 4.78 is 60.6. The Morgan fingerprint density at radius 2 is 2.08 bits per heavy atom. The molecule has 0 bridgehead atoms. The van der Waals surface area contributed by atoms with Crippen LogP contribution in [0.3, 0.4) is 0 Å². The SMILES string of the molecule is CS(=O)(=O)[C@@]1(CNCc2ccc(-c3cscn3)nc2)C[C@@H]1C(F)(F)F. The van der Waals surface area contributed by atoms with Crippen molar-refractivity contribution in [2.45, 2.75) is 23.9 Å². The van der Waals surface area contributed by atoms with Crippen molar-refractivity contribution in [2.24, 2.45) is 5.92 Å². The molecule has 3 rings (SSSR count). The number of halogens is 3. The van der Waals surface area contributed by atoms with Gasteiger partial charge < -0.3 is 5.32 Å². The van der Waals surface area contributed by atoms with Crippen LogP contribution >= 0.6 is 11.3 Å². The molecule has 0 spiro atoms. The van der Waals surface area contributed by atoms with Crippen molar-refractivity contribution in [3.05, 3.63) is 34.8 Å². The molecule has 0 radical (unpaired) electrons. The van der Waals surface area contributed by atoms with Crippen molar-refractivity contribution in [1.29, 1.82) is 0 Å². The highest BCUT2D eigenvalue weighted by molar-refractivity contribution is 7.92. The zero-order chi connectivity index (χ0) is 18.3. The molecule has 10 heteroatoms. The van der Waals surface area contributed by atoms with Crippen LogP contribution in [0.2, 0.25) is 0 Å². The second-order valence-corrected chi connectivity index (χ2v) is 9.24. The van der Waals surface area contributed by atoms with Gasteiger partial charge in [0.15, 0.2) is 9.84 Å². The molecular formula is C15H16F3N3O2S2. The van der Waals surface area contributed by atoms with Crippen LogP contribution in [-0.2, 0) is 16.4 Å². The second kappa shape index (κ2) is 6.33. The zero-order valence-corrected chi connectivity index (χ0v) is 14.9. The molecule has 25 heavy (non-hydrogen) atoms. The third-order valence-corrected chi connectivity index (χ3v) is 7.09. The Morgan fingerprint density at radius 3 is 2.56 bits per heavy atom. The monoisotopic (exact) mass is 391 g/mol. The van der Waals surface area contributed by atoms with Gasteiger partial charge >= 0.3 is 6.18 Å². The third-order valence-electron chi connectivity index (χ3n) is 4.43. The lowest BCUT2D eigenvalue weighted by Crippen LogP contribution is -2.39. The maximum absolute atomic E-state index is 12.9. The number of sulfone groups is 1. The van der Waals surface area contributed by atoms with Crippen LogP contribution in [0.15, 0.2) is 29.2 Å². The lowest BCUT2D eigenvalue weighted by atomic mass is 10.2. The van der Waals surface area contributed by atoms with Gasteiger partial charge in [0.05, 0.1) is 27.6 Å². The minimum absolute atomic E-state index is 0.232. The largest absolute Gasteiger partial charge is 0.393 e. The summed E-state index contributed by atoms with van der Waals surface area (Å²) in [7, 11) is -3.82. The van der Waals surface area contributed by atoms with E-state index in [1.807, 2.05) is 5.38 Å². The third kappa shape index (κ3) is 3.70. The highest BCUT2D eigenvalue weighted by atomic mass is 32.2. The number of hydrogen-bond donors (Lipinski definition) is 1. The maximum atomic E-state index is 12.9.